The van der Waals surface area contributed by atoms with Gasteiger partial charge in [-0.15, -0.1) is 0 Å². The Labute approximate surface area is 392 Å². The van der Waals surface area contributed by atoms with E-state index in [2.05, 4.69) is 32.9 Å². The lowest BCUT2D eigenvalue weighted by Crippen LogP contribution is -2.30. The summed E-state index contributed by atoms with van der Waals surface area (Å²) >= 11 is 0. The van der Waals surface area contributed by atoms with Gasteiger partial charge >= 0.3 is 17.9 Å². The molecule has 1 atom stereocenters. The Kier molecular flexibility index (Phi) is 51.2. The number of ether oxygens (including phenoxy) is 3. The number of allylic oxidation sites excluding steroid dienone is 2. The molecule has 0 unspecified atom stereocenters. The fraction of sp³-hybridized carbons (Fsp3) is 0.912. The molecule has 0 aliphatic rings. The van der Waals surface area contributed by atoms with Crippen molar-refractivity contribution in [1.29, 1.82) is 0 Å². The Morgan fingerprint density at radius 3 is 0.794 bits per heavy atom. The van der Waals surface area contributed by atoms with Crippen LogP contribution in [0.2, 0.25) is 0 Å². The van der Waals surface area contributed by atoms with Gasteiger partial charge in [0.25, 0.3) is 0 Å². The summed E-state index contributed by atoms with van der Waals surface area (Å²) in [5.41, 5.74) is 0. The minimum absolute atomic E-state index is 0.0675. The van der Waals surface area contributed by atoms with Crippen LogP contribution in [-0.4, -0.2) is 37.2 Å². The van der Waals surface area contributed by atoms with Gasteiger partial charge in [-0.25, -0.2) is 0 Å². The number of hydrogen-bond acceptors (Lipinski definition) is 6. The molecule has 0 aliphatic heterocycles. The van der Waals surface area contributed by atoms with Crippen LogP contribution in [0.25, 0.3) is 0 Å². The van der Waals surface area contributed by atoms with Gasteiger partial charge in [0.1, 0.15) is 13.2 Å². The number of carbonyl (C=O) groups is 3. The zero-order valence-corrected chi connectivity index (χ0v) is 42.6. The van der Waals surface area contributed by atoms with E-state index in [1.54, 1.807) is 0 Å². The van der Waals surface area contributed by atoms with Gasteiger partial charge in [0.05, 0.1) is 0 Å². The van der Waals surface area contributed by atoms with E-state index in [0.717, 1.165) is 64.2 Å². The van der Waals surface area contributed by atoms with Crippen LogP contribution in [0.4, 0.5) is 0 Å². The van der Waals surface area contributed by atoms with Crippen LogP contribution in [0.1, 0.15) is 316 Å². The quantitative estimate of drug-likeness (QED) is 0.0262. The molecule has 0 aromatic heterocycles. The molecule has 63 heavy (non-hydrogen) atoms. The highest BCUT2D eigenvalue weighted by molar-refractivity contribution is 5.71. The van der Waals surface area contributed by atoms with E-state index < -0.39 is 6.10 Å². The zero-order chi connectivity index (χ0) is 45.8. The monoisotopic (exact) mass is 889 g/mol. The smallest absolute Gasteiger partial charge is 0.306 e. The minimum atomic E-state index is -0.768. The SMILES string of the molecule is CCCCCCCCC=CCCCCCCCC(=O)O[C@H](COC(=O)CCCCCCCCCCCCCCC)COC(=O)CCCCCCCCCCCCCCCCCCC. The molecule has 6 nitrogen and oxygen atoms in total. The maximum Gasteiger partial charge on any atom is 0.306 e. The van der Waals surface area contributed by atoms with Crippen molar-refractivity contribution in [2.24, 2.45) is 0 Å². The standard InChI is InChI=1S/C57H108O6/c1-4-7-10-13-16-19-22-25-27-28-30-32-35-38-41-44-47-50-56(59)62-53-54(52-61-55(58)49-46-43-40-37-34-31-24-21-18-15-12-9-6-3)63-57(60)51-48-45-42-39-36-33-29-26-23-20-17-14-11-8-5-2/h26,29,54H,4-25,27-28,30-53H2,1-3H3/t54-/m1/s1. The maximum atomic E-state index is 12.8. The third kappa shape index (κ3) is 51.0. The average molecular weight is 889 g/mol. The van der Waals surface area contributed by atoms with E-state index in [-0.39, 0.29) is 31.1 Å². The highest BCUT2D eigenvalue weighted by Crippen LogP contribution is 2.17. The fourth-order valence-electron chi connectivity index (χ4n) is 8.50. The molecule has 0 aliphatic carbocycles. The van der Waals surface area contributed by atoms with Gasteiger partial charge in [0.15, 0.2) is 6.10 Å². The van der Waals surface area contributed by atoms with Crippen LogP contribution in [-0.2, 0) is 28.6 Å². The number of carbonyl (C=O) groups excluding carboxylic acids is 3. The summed E-state index contributed by atoms with van der Waals surface area (Å²) in [5, 5.41) is 0. The third-order valence-electron chi connectivity index (χ3n) is 12.8. The van der Waals surface area contributed by atoms with E-state index in [4.69, 9.17) is 14.2 Å². The molecule has 372 valence electrons. The van der Waals surface area contributed by atoms with Crippen LogP contribution in [0, 0.1) is 0 Å². The Bertz CT molecular complexity index is 978. The molecule has 0 saturated heterocycles. The predicted octanol–water partition coefficient (Wildman–Crippen LogP) is 18.5. The lowest BCUT2D eigenvalue weighted by Gasteiger charge is -2.18. The first-order valence-corrected chi connectivity index (χ1v) is 28.2. The van der Waals surface area contributed by atoms with Crippen molar-refractivity contribution in [3.63, 3.8) is 0 Å². The predicted molar refractivity (Wildman–Crippen MR) is 270 cm³/mol. The lowest BCUT2D eigenvalue weighted by molar-refractivity contribution is -0.167. The van der Waals surface area contributed by atoms with Crippen molar-refractivity contribution >= 4 is 17.9 Å². The molecule has 0 aromatic rings. The highest BCUT2D eigenvalue weighted by Gasteiger charge is 2.19. The highest BCUT2D eigenvalue weighted by atomic mass is 16.6. The third-order valence-corrected chi connectivity index (χ3v) is 12.8. The summed E-state index contributed by atoms with van der Waals surface area (Å²) in [6, 6.07) is 0. The summed E-state index contributed by atoms with van der Waals surface area (Å²) in [5.74, 6) is -0.854. The minimum Gasteiger partial charge on any atom is -0.462 e. The number of hydrogen-bond donors (Lipinski definition) is 0. The first kappa shape index (κ1) is 61.1. The van der Waals surface area contributed by atoms with Gasteiger partial charge in [-0.1, -0.05) is 264 Å². The second-order valence-corrected chi connectivity index (χ2v) is 19.2. The van der Waals surface area contributed by atoms with Crippen LogP contribution in [0.3, 0.4) is 0 Å². The summed E-state index contributed by atoms with van der Waals surface area (Å²) in [7, 11) is 0. The summed E-state index contributed by atoms with van der Waals surface area (Å²) < 4.78 is 16.9. The molecule has 0 fully saturated rings. The molecule has 0 N–H and O–H groups in total. The van der Waals surface area contributed by atoms with Crippen LogP contribution >= 0.6 is 0 Å². The maximum absolute atomic E-state index is 12.8. The Morgan fingerprint density at radius 2 is 0.524 bits per heavy atom. The first-order valence-electron chi connectivity index (χ1n) is 28.2. The summed E-state index contributed by atoms with van der Waals surface area (Å²) in [4.78, 5) is 38.1. The number of rotatable bonds is 52. The number of esters is 3. The van der Waals surface area contributed by atoms with Gasteiger partial charge < -0.3 is 14.2 Å². The Morgan fingerprint density at radius 1 is 0.302 bits per heavy atom. The molecule has 0 saturated carbocycles. The van der Waals surface area contributed by atoms with Crippen molar-refractivity contribution in [1.82, 2.24) is 0 Å². The van der Waals surface area contributed by atoms with Gasteiger partial charge in [-0.2, -0.15) is 0 Å². The van der Waals surface area contributed by atoms with Crippen LogP contribution in [0.5, 0.6) is 0 Å². The largest absolute Gasteiger partial charge is 0.462 e. The average Bonchev–Trinajstić information content (AvgIpc) is 3.28. The molecular formula is C57H108O6. The molecule has 0 bridgehead atoms. The molecule has 6 heteroatoms. The van der Waals surface area contributed by atoms with Gasteiger partial charge in [0.2, 0.25) is 0 Å². The topological polar surface area (TPSA) is 78.9 Å². The molecule has 0 spiro atoms. The second kappa shape index (κ2) is 52.8. The Hall–Kier alpha value is -1.85. The van der Waals surface area contributed by atoms with Gasteiger partial charge in [-0.05, 0) is 44.9 Å². The molecule has 0 heterocycles. The zero-order valence-electron chi connectivity index (χ0n) is 42.6. The first-order chi connectivity index (χ1) is 31.0. The second-order valence-electron chi connectivity index (χ2n) is 19.2. The van der Waals surface area contributed by atoms with Crippen LogP contribution in [0.15, 0.2) is 12.2 Å². The summed E-state index contributed by atoms with van der Waals surface area (Å²) in [6.07, 6.45) is 59.1. The molecular weight excluding hydrogens is 781 g/mol. The van der Waals surface area contributed by atoms with Gasteiger partial charge in [0, 0.05) is 19.3 Å². The normalized spacial score (nSPS) is 12.0. The molecule has 0 aromatic carbocycles. The molecule has 0 amide bonds. The van der Waals surface area contributed by atoms with E-state index in [1.807, 2.05) is 0 Å². The van der Waals surface area contributed by atoms with Crippen LogP contribution < -0.4 is 0 Å². The van der Waals surface area contributed by atoms with Crippen molar-refractivity contribution in [2.75, 3.05) is 13.2 Å². The lowest BCUT2D eigenvalue weighted by atomic mass is 10.0. The van der Waals surface area contributed by atoms with E-state index in [1.165, 1.54) is 212 Å². The van der Waals surface area contributed by atoms with E-state index >= 15 is 0 Å². The molecule has 0 rings (SSSR count). The Balaban J connectivity index is 4.31. The van der Waals surface area contributed by atoms with Crippen molar-refractivity contribution < 1.29 is 28.6 Å². The number of unbranched alkanes of at least 4 members (excludes halogenated alkanes) is 39. The van der Waals surface area contributed by atoms with E-state index in [0.29, 0.717) is 19.3 Å². The van der Waals surface area contributed by atoms with Crippen molar-refractivity contribution in [2.45, 2.75) is 322 Å². The van der Waals surface area contributed by atoms with Crippen molar-refractivity contribution in [3.8, 4) is 0 Å². The molecule has 0 radical (unpaired) electrons. The fourth-order valence-corrected chi connectivity index (χ4v) is 8.50. The summed E-state index contributed by atoms with van der Waals surface area (Å²) in [6.45, 7) is 6.68. The van der Waals surface area contributed by atoms with E-state index in [9.17, 15) is 14.4 Å². The van der Waals surface area contributed by atoms with Gasteiger partial charge in [-0.3, -0.25) is 14.4 Å². The van der Waals surface area contributed by atoms with Crippen molar-refractivity contribution in [3.05, 3.63) is 12.2 Å².